The van der Waals surface area contributed by atoms with Crippen LogP contribution in [0.15, 0.2) is 53.3 Å². The molecule has 0 saturated heterocycles. The first-order chi connectivity index (χ1) is 13.0. The lowest BCUT2D eigenvalue weighted by Crippen LogP contribution is -2.33. The number of aromatic nitrogens is 3. The Morgan fingerprint density at radius 2 is 2.22 bits per heavy atom. The molecule has 27 heavy (non-hydrogen) atoms. The van der Waals surface area contributed by atoms with Gasteiger partial charge >= 0.3 is 0 Å². The first-order valence-corrected chi connectivity index (χ1v) is 10.3. The van der Waals surface area contributed by atoms with Crippen molar-refractivity contribution in [3.63, 3.8) is 0 Å². The van der Waals surface area contributed by atoms with Crippen molar-refractivity contribution in [1.82, 2.24) is 19.7 Å². The number of carbonyl (C=O) groups is 1. The van der Waals surface area contributed by atoms with Gasteiger partial charge in [0.2, 0.25) is 5.91 Å². The number of hydrogen-bond donors (Lipinski definition) is 0. The zero-order chi connectivity index (χ0) is 19.2. The maximum Gasteiger partial charge on any atom is 0.235 e. The highest BCUT2D eigenvalue weighted by atomic mass is 32.2. The lowest BCUT2D eigenvalue weighted by atomic mass is 10.2. The topological polar surface area (TPSA) is 51.0 Å². The quantitative estimate of drug-likeness (QED) is 0.535. The highest BCUT2D eigenvalue weighted by molar-refractivity contribution is 8.00. The fourth-order valence-electron chi connectivity index (χ4n) is 2.68. The van der Waals surface area contributed by atoms with Crippen molar-refractivity contribution in [1.29, 1.82) is 0 Å². The van der Waals surface area contributed by atoms with Crippen molar-refractivity contribution in [3.05, 3.63) is 64.4 Å². The van der Waals surface area contributed by atoms with Crippen LogP contribution in [0.3, 0.4) is 0 Å². The molecule has 0 bridgehead atoms. The second kappa shape index (κ2) is 9.14. The van der Waals surface area contributed by atoms with Gasteiger partial charge in [0.05, 0.1) is 5.25 Å². The molecule has 3 rings (SSSR count). The second-order valence-electron chi connectivity index (χ2n) is 6.22. The molecule has 2 heterocycles. The molecule has 142 valence electrons. The summed E-state index contributed by atoms with van der Waals surface area (Å²) in [5.74, 6) is -0.327. The van der Waals surface area contributed by atoms with Gasteiger partial charge < -0.3 is 9.47 Å². The predicted octanol–water partition coefficient (Wildman–Crippen LogP) is 3.86. The Morgan fingerprint density at radius 3 is 2.96 bits per heavy atom. The zero-order valence-electron chi connectivity index (χ0n) is 15.2. The summed E-state index contributed by atoms with van der Waals surface area (Å²) in [5.41, 5.74) is 0.766. The summed E-state index contributed by atoms with van der Waals surface area (Å²) in [7, 11) is 1.73. The normalized spacial score (nSPS) is 12.1. The van der Waals surface area contributed by atoms with Crippen LogP contribution >= 0.6 is 23.1 Å². The highest BCUT2D eigenvalue weighted by Crippen LogP contribution is 2.23. The Hall–Kier alpha value is -2.19. The lowest BCUT2D eigenvalue weighted by molar-refractivity contribution is -0.129. The summed E-state index contributed by atoms with van der Waals surface area (Å²) in [6.45, 7) is 3.00. The van der Waals surface area contributed by atoms with E-state index in [-0.39, 0.29) is 17.0 Å². The molecule has 5 nitrogen and oxygen atoms in total. The predicted molar refractivity (Wildman–Crippen MR) is 106 cm³/mol. The fourth-order valence-corrected chi connectivity index (χ4v) is 4.34. The van der Waals surface area contributed by atoms with Crippen LogP contribution < -0.4 is 0 Å². The Kier molecular flexibility index (Phi) is 6.63. The molecule has 0 spiro atoms. The maximum absolute atomic E-state index is 13.3. The van der Waals surface area contributed by atoms with E-state index >= 15 is 0 Å². The average molecular weight is 405 g/mol. The molecule has 1 atom stereocenters. The van der Waals surface area contributed by atoms with Gasteiger partial charge in [-0.25, -0.2) is 4.39 Å². The first-order valence-electron chi connectivity index (χ1n) is 8.59. The van der Waals surface area contributed by atoms with Crippen molar-refractivity contribution in [2.24, 2.45) is 0 Å². The van der Waals surface area contributed by atoms with Gasteiger partial charge in [-0.05, 0) is 42.5 Å². The van der Waals surface area contributed by atoms with Crippen LogP contribution in [0.25, 0.3) is 0 Å². The molecular weight excluding hydrogens is 383 g/mol. The van der Waals surface area contributed by atoms with E-state index in [4.69, 9.17) is 0 Å². The lowest BCUT2D eigenvalue weighted by Gasteiger charge is -2.21. The van der Waals surface area contributed by atoms with E-state index in [0.717, 1.165) is 23.7 Å². The van der Waals surface area contributed by atoms with Gasteiger partial charge in [0, 0.05) is 25.0 Å². The molecule has 8 heteroatoms. The summed E-state index contributed by atoms with van der Waals surface area (Å²) in [6.07, 6.45) is 2.61. The Balaban J connectivity index is 1.57. The minimum Gasteiger partial charge on any atom is -0.340 e. The number of hydrogen-bond acceptors (Lipinski definition) is 5. The number of aryl methyl sites for hydroxylation is 2. The number of rotatable bonds is 8. The third kappa shape index (κ3) is 5.40. The third-order valence-electron chi connectivity index (χ3n) is 4.07. The number of amides is 1. The van der Waals surface area contributed by atoms with Crippen LogP contribution in [0.1, 0.15) is 17.4 Å². The first kappa shape index (κ1) is 19.6. The number of thioether (sulfide) groups is 1. The summed E-state index contributed by atoms with van der Waals surface area (Å²) in [4.78, 5) is 15.6. The van der Waals surface area contributed by atoms with E-state index in [0.29, 0.717) is 6.54 Å². The minimum absolute atomic E-state index is 0.0305. The van der Waals surface area contributed by atoms with Crippen LogP contribution in [0.5, 0.6) is 0 Å². The maximum atomic E-state index is 13.3. The van der Waals surface area contributed by atoms with E-state index in [1.807, 2.05) is 23.6 Å². The summed E-state index contributed by atoms with van der Waals surface area (Å²) in [6, 6.07) is 10.4. The van der Waals surface area contributed by atoms with Gasteiger partial charge in [0.25, 0.3) is 0 Å². The fraction of sp³-hybridized carbons (Fsp3) is 0.316. The monoisotopic (exact) mass is 404 g/mol. The standard InChI is InChI=1S/C19H21FN4OS2/c1-14(18(25)23(2)12-15-5-3-6-16(20)11-15)27-19-22-21-13-24(19)9-8-17-7-4-10-26-17/h3-7,10-11,13-14H,8-9,12H2,1-2H3. The summed E-state index contributed by atoms with van der Waals surface area (Å²) >= 11 is 3.12. The van der Waals surface area contributed by atoms with Crippen molar-refractivity contribution in [2.75, 3.05) is 7.05 Å². The number of thiophene rings is 1. The number of benzene rings is 1. The molecule has 1 unspecified atom stereocenters. The molecule has 1 amide bonds. The summed E-state index contributed by atoms with van der Waals surface area (Å²) in [5, 5.41) is 10.6. The van der Waals surface area contributed by atoms with E-state index in [1.54, 1.807) is 35.7 Å². The Morgan fingerprint density at radius 1 is 1.37 bits per heavy atom. The molecule has 0 radical (unpaired) electrons. The minimum atomic E-state index is -0.312. The van der Waals surface area contributed by atoms with Crippen LogP contribution in [0, 0.1) is 5.82 Å². The SMILES string of the molecule is CC(Sc1nncn1CCc1cccs1)C(=O)N(C)Cc1cccc(F)c1. The highest BCUT2D eigenvalue weighted by Gasteiger charge is 2.21. The molecule has 2 aromatic heterocycles. The molecule has 0 N–H and O–H groups in total. The molecule has 0 saturated carbocycles. The molecule has 0 aliphatic rings. The third-order valence-corrected chi connectivity index (χ3v) is 6.09. The summed E-state index contributed by atoms with van der Waals surface area (Å²) < 4.78 is 15.3. The molecule has 0 fully saturated rings. The van der Waals surface area contributed by atoms with Crippen molar-refractivity contribution >= 4 is 29.0 Å². The van der Waals surface area contributed by atoms with E-state index < -0.39 is 0 Å². The molecule has 0 aliphatic heterocycles. The zero-order valence-corrected chi connectivity index (χ0v) is 16.8. The average Bonchev–Trinajstić information content (AvgIpc) is 3.31. The Labute approximate surface area is 166 Å². The Bertz CT molecular complexity index is 881. The van der Waals surface area contributed by atoms with Crippen LogP contribution in [-0.2, 0) is 24.3 Å². The second-order valence-corrected chi connectivity index (χ2v) is 8.56. The largest absolute Gasteiger partial charge is 0.340 e. The molecule has 1 aromatic carbocycles. The van der Waals surface area contributed by atoms with Gasteiger partial charge in [0.1, 0.15) is 12.1 Å². The van der Waals surface area contributed by atoms with Crippen LogP contribution in [-0.4, -0.2) is 37.9 Å². The van der Waals surface area contributed by atoms with Gasteiger partial charge in [-0.3, -0.25) is 4.79 Å². The van der Waals surface area contributed by atoms with Crippen molar-refractivity contribution in [2.45, 2.75) is 36.8 Å². The van der Waals surface area contributed by atoms with Crippen molar-refractivity contribution in [3.8, 4) is 0 Å². The van der Waals surface area contributed by atoms with E-state index in [2.05, 4.69) is 21.6 Å². The number of nitrogens with zero attached hydrogens (tertiary/aromatic N) is 4. The smallest absolute Gasteiger partial charge is 0.235 e. The molecule has 3 aromatic rings. The van der Waals surface area contributed by atoms with Gasteiger partial charge in [-0.2, -0.15) is 0 Å². The molecular formula is C19H21FN4OS2. The number of carbonyl (C=O) groups excluding carboxylic acids is 1. The van der Waals surface area contributed by atoms with Gasteiger partial charge in [-0.15, -0.1) is 21.5 Å². The van der Waals surface area contributed by atoms with Crippen LogP contribution in [0.2, 0.25) is 0 Å². The molecule has 0 aliphatic carbocycles. The van der Waals surface area contributed by atoms with E-state index in [9.17, 15) is 9.18 Å². The van der Waals surface area contributed by atoms with Crippen molar-refractivity contribution < 1.29 is 9.18 Å². The number of halogens is 1. The van der Waals surface area contributed by atoms with E-state index in [1.165, 1.54) is 28.8 Å². The van der Waals surface area contributed by atoms with Gasteiger partial charge in [0.15, 0.2) is 5.16 Å². The van der Waals surface area contributed by atoms with Crippen LogP contribution in [0.4, 0.5) is 4.39 Å². The van der Waals surface area contributed by atoms with Gasteiger partial charge in [-0.1, -0.05) is 30.0 Å².